The van der Waals surface area contributed by atoms with Crippen molar-refractivity contribution in [1.29, 1.82) is 0 Å². The van der Waals surface area contributed by atoms with E-state index in [1.807, 2.05) is 36.2 Å². The molecule has 2 aliphatic rings. The van der Waals surface area contributed by atoms with E-state index in [0.717, 1.165) is 67.4 Å². The standard InChI is InChI=1S/C26H32N4O2S/c1-19(29-15-17-30(18-16-29)33-22-13-11-20(31-2)12-14-22)25-27-24-10-6-5-9-23(24)26(28-25)32-21-7-3-4-8-21/h5-6,9-14,19,21H,3-4,7-8,15-18H2,1-2H3. The summed E-state index contributed by atoms with van der Waals surface area (Å²) in [6, 6.07) is 16.6. The van der Waals surface area contributed by atoms with E-state index in [0.29, 0.717) is 0 Å². The predicted molar refractivity (Wildman–Crippen MR) is 133 cm³/mol. The highest BCUT2D eigenvalue weighted by atomic mass is 32.2. The number of rotatable bonds is 7. The van der Waals surface area contributed by atoms with Crippen LogP contribution in [0, 0.1) is 0 Å². The van der Waals surface area contributed by atoms with Crippen LogP contribution < -0.4 is 9.47 Å². The van der Waals surface area contributed by atoms with Crippen LogP contribution in [0.15, 0.2) is 53.4 Å². The van der Waals surface area contributed by atoms with Crippen molar-refractivity contribution in [2.45, 2.75) is 49.6 Å². The van der Waals surface area contributed by atoms with Crippen molar-refractivity contribution >= 4 is 22.9 Å². The highest BCUT2D eigenvalue weighted by molar-refractivity contribution is 7.97. The van der Waals surface area contributed by atoms with Gasteiger partial charge in [0.1, 0.15) is 17.7 Å². The summed E-state index contributed by atoms with van der Waals surface area (Å²) in [5.41, 5.74) is 0.969. The number of hydrogen-bond acceptors (Lipinski definition) is 7. The molecule has 1 aliphatic carbocycles. The molecule has 3 aromatic rings. The minimum absolute atomic E-state index is 0.147. The fraction of sp³-hybridized carbons (Fsp3) is 0.462. The first-order chi connectivity index (χ1) is 16.2. The van der Waals surface area contributed by atoms with Gasteiger partial charge in [-0.05, 0) is 81.0 Å². The zero-order valence-electron chi connectivity index (χ0n) is 19.4. The van der Waals surface area contributed by atoms with E-state index in [1.165, 1.54) is 17.7 Å². The topological polar surface area (TPSA) is 50.7 Å². The maximum Gasteiger partial charge on any atom is 0.225 e. The quantitative estimate of drug-likeness (QED) is 0.437. The molecule has 2 heterocycles. The summed E-state index contributed by atoms with van der Waals surface area (Å²) in [5.74, 6) is 2.51. The minimum Gasteiger partial charge on any atom is -0.497 e. The lowest BCUT2D eigenvalue weighted by Crippen LogP contribution is -2.44. The molecule has 5 rings (SSSR count). The van der Waals surface area contributed by atoms with Gasteiger partial charge in [-0.25, -0.2) is 9.29 Å². The molecule has 0 radical (unpaired) electrons. The molecule has 1 atom stereocenters. The van der Waals surface area contributed by atoms with Crippen LogP contribution in [-0.2, 0) is 0 Å². The van der Waals surface area contributed by atoms with Crippen LogP contribution in [0.1, 0.15) is 44.5 Å². The third-order valence-corrected chi connectivity index (χ3v) is 7.76. The number of nitrogens with zero attached hydrogens (tertiary/aromatic N) is 4. The Hall–Kier alpha value is -2.35. The van der Waals surface area contributed by atoms with E-state index in [2.05, 4.69) is 40.4 Å². The summed E-state index contributed by atoms with van der Waals surface area (Å²) in [7, 11) is 1.70. The molecule has 2 fully saturated rings. The van der Waals surface area contributed by atoms with Crippen molar-refractivity contribution in [2.24, 2.45) is 0 Å². The second kappa shape index (κ2) is 10.3. The largest absolute Gasteiger partial charge is 0.497 e. The lowest BCUT2D eigenvalue weighted by Gasteiger charge is -2.36. The second-order valence-corrected chi connectivity index (χ2v) is 10.0. The minimum atomic E-state index is 0.147. The van der Waals surface area contributed by atoms with E-state index in [9.17, 15) is 0 Å². The van der Waals surface area contributed by atoms with Crippen molar-refractivity contribution in [3.8, 4) is 11.6 Å². The lowest BCUT2D eigenvalue weighted by atomic mass is 10.2. The Labute approximate surface area is 200 Å². The Morgan fingerprint density at radius 3 is 2.39 bits per heavy atom. The molecule has 1 aromatic heterocycles. The fourth-order valence-electron chi connectivity index (χ4n) is 4.64. The summed E-state index contributed by atoms with van der Waals surface area (Å²) in [5, 5.41) is 1.01. The molecule has 1 saturated carbocycles. The van der Waals surface area contributed by atoms with Gasteiger partial charge in [0.2, 0.25) is 5.88 Å². The number of ether oxygens (including phenoxy) is 2. The Kier molecular flexibility index (Phi) is 6.99. The smallest absolute Gasteiger partial charge is 0.225 e. The molecule has 0 bridgehead atoms. The second-order valence-electron chi connectivity index (χ2n) is 8.84. The molecule has 0 spiro atoms. The zero-order chi connectivity index (χ0) is 22.6. The molecule has 7 heteroatoms. The molecule has 0 N–H and O–H groups in total. The van der Waals surface area contributed by atoms with Crippen molar-refractivity contribution in [3.63, 3.8) is 0 Å². The van der Waals surface area contributed by atoms with Crippen molar-refractivity contribution < 1.29 is 9.47 Å². The van der Waals surface area contributed by atoms with Gasteiger partial charge in [-0.2, -0.15) is 4.98 Å². The highest BCUT2D eigenvalue weighted by Crippen LogP contribution is 2.31. The Balaban J connectivity index is 1.26. The number of aromatic nitrogens is 2. The van der Waals surface area contributed by atoms with Gasteiger partial charge >= 0.3 is 0 Å². The highest BCUT2D eigenvalue weighted by Gasteiger charge is 2.26. The first-order valence-corrected chi connectivity index (χ1v) is 12.7. The SMILES string of the molecule is COc1ccc(SN2CCN(C(C)c3nc(OC4CCCC4)c4ccccc4n3)CC2)cc1. The lowest BCUT2D eigenvalue weighted by molar-refractivity contribution is 0.144. The van der Waals surface area contributed by atoms with Gasteiger partial charge in [-0.15, -0.1) is 0 Å². The summed E-state index contributed by atoms with van der Waals surface area (Å²) in [6.45, 7) is 6.19. The van der Waals surface area contributed by atoms with E-state index in [4.69, 9.17) is 19.4 Å². The van der Waals surface area contributed by atoms with E-state index in [1.54, 1.807) is 7.11 Å². The molecule has 1 aliphatic heterocycles. The van der Waals surface area contributed by atoms with E-state index < -0.39 is 0 Å². The predicted octanol–water partition coefficient (Wildman–Crippen LogP) is 5.35. The summed E-state index contributed by atoms with van der Waals surface area (Å²) < 4.78 is 14.1. The average Bonchev–Trinajstić information content (AvgIpc) is 3.38. The van der Waals surface area contributed by atoms with Crippen LogP contribution in [0.5, 0.6) is 11.6 Å². The van der Waals surface area contributed by atoms with Crippen molar-refractivity contribution in [1.82, 2.24) is 19.2 Å². The van der Waals surface area contributed by atoms with Gasteiger partial charge in [-0.1, -0.05) is 12.1 Å². The van der Waals surface area contributed by atoms with Crippen LogP contribution in [0.3, 0.4) is 0 Å². The molecule has 2 aromatic carbocycles. The van der Waals surface area contributed by atoms with Gasteiger partial charge in [-0.3, -0.25) is 4.90 Å². The number of methoxy groups -OCH3 is 1. The molecule has 33 heavy (non-hydrogen) atoms. The van der Waals surface area contributed by atoms with Gasteiger partial charge in [0, 0.05) is 31.1 Å². The number of para-hydroxylation sites is 1. The average molecular weight is 465 g/mol. The third-order valence-electron chi connectivity index (χ3n) is 6.65. The third kappa shape index (κ3) is 5.26. The zero-order valence-corrected chi connectivity index (χ0v) is 20.3. The van der Waals surface area contributed by atoms with Crippen LogP contribution in [0.2, 0.25) is 0 Å². The van der Waals surface area contributed by atoms with Crippen LogP contribution in [0.25, 0.3) is 10.9 Å². The summed E-state index contributed by atoms with van der Waals surface area (Å²) in [4.78, 5) is 13.6. The summed E-state index contributed by atoms with van der Waals surface area (Å²) >= 11 is 1.82. The van der Waals surface area contributed by atoms with Gasteiger partial charge in [0.15, 0.2) is 0 Å². The fourth-order valence-corrected chi connectivity index (χ4v) is 5.54. The molecular weight excluding hydrogens is 432 g/mol. The number of hydrogen-bond donors (Lipinski definition) is 0. The Bertz CT molecular complexity index is 1060. The number of benzene rings is 2. The molecule has 1 unspecified atom stereocenters. The van der Waals surface area contributed by atoms with Gasteiger partial charge in [0.25, 0.3) is 0 Å². The Morgan fingerprint density at radius 1 is 0.939 bits per heavy atom. The first-order valence-electron chi connectivity index (χ1n) is 11.9. The van der Waals surface area contributed by atoms with Crippen molar-refractivity contribution in [3.05, 3.63) is 54.4 Å². The molecule has 6 nitrogen and oxygen atoms in total. The molecule has 174 valence electrons. The molecule has 0 amide bonds. The maximum absolute atomic E-state index is 6.38. The van der Waals surface area contributed by atoms with Crippen LogP contribution >= 0.6 is 11.9 Å². The molecular formula is C26H32N4O2S. The normalized spacial score (nSPS) is 19.1. The number of piperazine rings is 1. The Morgan fingerprint density at radius 2 is 1.67 bits per heavy atom. The molecule has 1 saturated heterocycles. The van der Waals surface area contributed by atoms with E-state index in [-0.39, 0.29) is 12.1 Å². The monoisotopic (exact) mass is 464 g/mol. The van der Waals surface area contributed by atoms with Crippen LogP contribution in [0.4, 0.5) is 0 Å². The van der Waals surface area contributed by atoms with Gasteiger partial charge < -0.3 is 9.47 Å². The maximum atomic E-state index is 6.38. The van der Waals surface area contributed by atoms with E-state index >= 15 is 0 Å². The summed E-state index contributed by atoms with van der Waals surface area (Å²) in [6.07, 6.45) is 5.02. The first kappa shape index (κ1) is 22.4. The van der Waals surface area contributed by atoms with Crippen LogP contribution in [-0.4, -0.2) is 58.6 Å². The number of fused-ring (bicyclic) bond motifs is 1. The van der Waals surface area contributed by atoms with Gasteiger partial charge in [0.05, 0.1) is 24.1 Å². The van der Waals surface area contributed by atoms with Crippen molar-refractivity contribution in [2.75, 3.05) is 33.3 Å².